The fourth-order valence-corrected chi connectivity index (χ4v) is 2.01. The first-order chi connectivity index (χ1) is 6.74. The van der Waals surface area contributed by atoms with Crippen molar-refractivity contribution < 1.29 is 4.74 Å². The van der Waals surface area contributed by atoms with Gasteiger partial charge in [-0.15, -0.1) is 0 Å². The molecule has 0 saturated heterocycles. The Balaban J connectivity index is 2.42. The molecule has 0 atom stereocenters. The van der Waals surface area contributed by atoms with Crippen LogP contribution in [0.5, 0.6) is 5.88 Å². The van der Waals surface area contributed by atoms with Crippen molar-refractivity contribution in [1.82, 2.24) is 10.3 Å². The van der Waals surface area contributed by atoms with E-state index >= 15 is 0 Å². The molecule has 0 saturated carbocycles. The molecule has 0 aromatic carbocycles. The average Bonchev–Trinajstić information content (AvgIpc) is 2.15. The lowest BCUT2D eigenvalue weighted by Crippen LogP contribution is -2.20. The Morgan fingerprint density at radius 1 is 1.50 bits per heavy atom. The maximum atomic E-state index is 5.45. The Labute approximate surface area is 101 Å². The first-order valence-electron chi connectivity index (χ1n) is 4.38. The van der Waals surface area contributed by atoms with Gasteiger partial charge in [0.25, 0.3) is 0 Å². The highest BCUT2D eigenvalue weighted by atomic mass is 79.9. The van der Waals surface area contributed by atoms with E-state index in [9.17, 15) is 0 Å². The first-order valence-corrected chi connectivity index (χ1v) is 5.97. The molecule has 1 N–H and O–H groups in total. The summed E-state index contributed by atoms with van der Waals surface area (Å²) in [6, 6.07) is 1.91. The Hall–Kier alpha value is -0.130. The number of likely N-dealkylation sites (N-methyl/N-ethyl adjacent to an activating group) is 1. The third kappa shape index (κ3) is 3.94. The van der Waals surface area contributed by atoms with Crippen LogP contribution >= 0.6 is 31.9 Å². The standard InChI is InChI=1S/C9H12Br2N2O/c1-2-12-3-4-14-9-8(11)5-7(10)6-13-9/h5-6,12H,2-4H2,1H3. The third-order valence-electron chi connectivity index (χ3n) is 1.54. The van der Waals surface area contributed by atoms with Crippen LogP contribution in [0.3, 0.4) is 0 Å². The lowest BCUT2D eigenvalue weighted by Gasteiger charge is -2.07. The molecule has 0 unspecified atom stereocenters. The molecule has 1 aromatic rings. The smallest absolute Gasteiger partial charge is 0.228 e. The average molecular weight is 324 g/mol. The topological polar surface area (TPSA) is 34.1 Å². The number of ether oxygens (including phenoxy) is 1. The number of nitrogens with zero attached hydrogens (tertiary/aromatic N) is 1. The van der Waals surface area contributed by atoms with Gasteiger partial charge in [-0.1, -0.05) is 6.92 Å². The van der Waals surface area contributed by atoms with Crippen molar-refractivity contribution in [2.45, 2.75) is 6.92 Å². The van der Waals surface area contributed by atoms with Gasteiger partial charge in [0.2, 0.25) is 5.88 Å². The Morgan fingerprint density at radius 3 is 2.93 bits per heavy atom. The van der Waals surface area contributed by atoms with E-state index in [0.29, 0.717) is 12.5 Å². The van der Waals surface area contributed by atoms with Crippen LogP contribution in [0.1, 0.15) is 6.92 Å². The number of nitrogens with one attached hydrogen (secondary N) is 1. The minimum absolute atomic E-state index is 0.626. The van der Waals surface area contributed by atoms with E-state index in [1.807, 2.05) is 6.07 Å². The van der Waals surface area contributed by atoms with E-state index in [4.69, 9.17) is 4.74 Å². The summed E-state index contributed by atoms with van der Waals surface area (Å²) in [5.41, 5.74) is 0. The van der Waals surface area contributed by atoms with Crippen LogP contribution in [-0.4, -0.2) is 24.7 Å². The molecule has 3 nitrogen and oxygen atoms in total. The molecule has 0 fully saturated rings. The number of hydrogen-bond donors (Lipinski definition) is 1. The number of aromatic nitrogens is 1. The number of rotatable bonds is 5. The zero-order valence-electron chi connectivity index (χ0n) is 7.89. The van der Waals surface area contributed by atoms with Crippen LogP contribution < -0.4 is 10.1 Å². The summed E-state index contributed by atoms with van der Waals surface area (Å²) in [6.07, 6.45) is 1.72. The second-order valence-corrected chi connectivity index (χ2v) is 4.41. The van der Waals surface area contributed by atoms with Crippen molar-refractivity contribution in [2.24, 2.45) is 0 Å². The van der Waals surface area contributed by atoms with Crippen molar-refractivity contribution in [3.63, 3.8) is 0 Å². The zero-order valence-corrected chi connectivity index (χ0v) is 11.1. The highest BCUT2D eigenvalue weighted by Gasteiger charge is 2.02. The largest absolute Gasteiger partial charge is 0.476 e. The lowest BCUT2D eigenvalue weighted by molar-refractivity contribution is 0.301. The van der Waals surface area contributed by atoms with Gasteiger partial charge >= 0.3 is 0 Å². The van der Waals surface area contributed by atoms with Gasteiger partial charge in [-0.25, -0.2) is 4.98 Å². The zero-order chi connectivity index (χ0) is 10.4. The molecule has 0 aliphatic carbocycles. The number of pyridine rings is 1. The maximum Gasteiger partial charge on any atom is 0.228 e. The predicted octanol–water partition coefficient (Wildman–Crippen LogP) is 2.59. The molecule has 0 bridgehead atoms. The summed E-state index contributed by atoms with van der Waals surface area (Å²) >= 11 is 6.71. The quantitative estimate of drug-likeness (QED) is 0.846. The first kappa shape index (κ1) is 11.9. The van der Waals surface area contributed by atoms with E-state index in [-0.39, 0.29) is 0 Å². The van der Waals surface area contributed by atoms with Gasteiger partial charge in [-0.05, 0) is 44.5 Å². The van der Waals surface area contributed by atoms with E-state index in [2.05, 4.69) is 49.1 Å². The summed E-state index contributed by atoms with van der Waals surface area (Å²) in [4.78, 5) is 4.13. The number of halogens is 2. The molecular formula is C9H12Br2N2O. The molecule has 78 valence electrons. The molecule has 1 heterocycles. The minimum atomic E-state index is 0.626. The van der Waals surface area contributed by atoms with Gasteiger partial charge in [-0.2, -0.15) is 0 Å². The minimum Gasteiger partial charge on any atom is -0.476 e. The van der Waals surface area contributed by atoms with Gasteiger partial charge in [0.15, 0.2) is 0 Å². The summed E-state index contributed by atoms with van der Waals surface area (Å²) in [7, 11) is 0. The molecule has 5 heteroatoms. The molecule has 1 rings (SSSR count). The second kappa shape index (κ2) is 6.37. The monoisotopic (exact) mass is 322 g/mol. The summed E-state index contributed by atoms with van der Waals surface area (Å²) < 4.78 is 7.25. The predicted molar refractivity (Wildman–Crippen MR) is 63.7 cm³/mol. The Kier molecular flexibility index (Phi) is 5.44. The fraction of sp³-hybridized carbons (Fsp3) is 0.444. The second-order valence-electron chi connectivity index (χ2n) is 2.64. The molecule has 0 aliphatic heterocycles. The summed E-state index contributed by atoms with van der Waals surface area (Å²) in [5, 5.41) is 3.17. The molecule has 0 spiro atoms. The fourth-order valence-electron chi connectivity index (χ4n) is 0.905. The van der Waals surface area contributed by atoms with Gasteiger partial charge in [0, 0.05) is 17.2 Å². The van der Waals surface area contributed by atoms with E-state index in [1.54, 1.807) is 6.20 Å². The van der Waals surface area contributed by atoms with Crippen molar-refractivity contribution in [3.05, 3.63) is 21.2 Å². The van der Waals surface area contributed by atoms with Crippen molar-refractivity contribution in [2.75, 3.05) is 19.7 Å². The van der Waals surface area contributed by atoms with Gasteiger partial charge < -0.3 is 10.1 Å². The maximum absolute atomic E-state index is 5.45. The molecule has 14 heavy (non-hydrogen) atoms. The normalized spacial score (nSPS) is 10.2. The van der Waals surface area contributed by atoms with Crippen LogP contribution in [0.4, 0.5) is 0 Å². The van der Waals surface area contributed by atoms with Crippen molar-refractivity contribution in [1.29, 1.82) is 0 Å². The van der Waals surface area contributed by atoms with Crippen LogP contribution in [0.2, 0.25) is 0 Å². The van der Waals surface area contributed by atoms with Gasteiger partial charge in [-0.3, -0.25) is 0 Å². The van der Waals surface area contributed by atoms with E-state index in [0.717, 1.165) is 22.0 Å². The molecular weight excluding hydrogens is 312 g/mol. The lowest BCUT2D eigenvalue weighted by atomic mass is 10.5. The number of hydrogen-bond acceptors (Lipinski definition) is 3. The van der Waals surface area contributed by atoms with Crippen molar-refractivity contribution in [3.8, 4) is 5.88 Å². The molecule has 0 amide bonds. The van der Waals surface area contributed by atoms with Crippen LogP contribution in [0.25, 0.3) is 0 Å². The van der Waals surface area contributed by atoms with E-state index < -0.39 is 0 Å². The van der Waals surface area contributed by atoms with Gasteiger partial charge in [0.1, 0.15) is 6.61 Å². The third-order valence-corrected chi connectivity index (χ3v) is 2.54. The van der Waals surface area contributed by atoms with Crippen LogP contribution in [-0.2, 0) is 0 Å². The summed E-state index contributed by atoms with van der Waals surface area (Å²) in [6.45, 7) is 4.48. The highest BCUT2D eigenvalue weighted by Crippen LogP contribution is 2.24. The highest BCUT2D eigenvalue weighted by molar-refractivity contribution is 9.11. The van der Waals surface area contributed by atoms with Gasteiger partial charge in [0.05, 0.1) is 4.47 Å². The molecule has 0 radical (unpaired) electrons. The SMILES string of the molecule is CCNCCOc1ncc(Br)cc1Br. The molecule has 1 aromatic heterocycles. The van der Waals surface area contributed by atoms with Crippen LogP contribution in [0.15, 0.2) is 21.2 Å². The van der Waals surface area contributed by atoms with Crippen LogP contribution in [0, 0.1) is 0 Å². The summed E-state index contributed by atoms with van der Waals surface area (Å²) in [5.74, 6) is 0.631. The van der Waals surface area contributed by atoms with Crippen molar-refractivity contribution >= 4 is 31.9 Å². The Morgan fingerprint density at radius 2 is 2.29 bits per heavy atom. The Bertz CT molecular complexity index is 294. The van der Waals surface area contributed by atoms with E-state index in [1.165, 1.54) is 0 Å². The molecule has 0 aliphatic rings.